The van der Waals surface area contributed by atoms with E-state index in [0.29, 0.717) is 17.5 Å². The first kappa shape index (κ1) is 12.2. The molecule has 0 aliphatic rings. The molecular formula is C16H14O2. The fraction of sp³-hybridized carbons (Fsp3) is 0.125. The zero-order valence-corrected chi connectivity index (χ0v) is 10.2. The highest BCUT2D eigenvalue weighted by Gasteiger charge is 2.13. The van der Waals surface area contributed by atoms with E-state index in [4.69, 9.17) is 0 Å². The fourth-order valence-corrected chi connectivity index (χ4v) is 1.91. The van der Waals surface area contributed by atoms with Crippen LogP contribution in [0.4, 0.5) is 0 Å². The Labute approximate surface area is 106 Å². The van der Waals surface area contributed by atoms with Crippen LogP contribution in [-0.4, -0.2) is 11.6 Å². The Morgan fingerprint density at radius 3 is 2.17 bits per heavy atom. The number of hydrogen-bond acceptors (Lipinski definition) is 2. The Balaban J connectivity index is 2.39. The minimum atomic E-state index is -0.0348. The van der Waals surface area contributed by atoms with Crippen molar-refractivity contribution in [3.8, 4) is 0 Å². The minimum absolute atomic E-state index is 0.0348. The van der Waals surface area contributed by atoms with Crippen LogP contribution in [0.5, 0.6) is 0 Å². The lowest BCUT2D eigenvalue weighted by Crippen LogP contribution is -2.07. The van der Waals surface area contributed by atoms with Gasteiger partial charge in [-0.1, -0.05) is 54.6 Å². The predicted octanol–water partition coefficient (Wildman–Crippen LogP) is 3.05. The SMILES string of the molecule is CC(=O)Cc1ccccc1C(=O)c1ccccc1. The molecule has 0 saturated carbocycles. The van der Waals surface area contributed by atoms with Gasteiger partial charge in [0.25, 0.3) is 0 Å². The molecule has 0 aliphatic heterocycles. The van der Waals surface area contributed by atoms with E-state index in [1.165, 1.54) is 6.92 Å². The van der Waals surface area contributed by atoms with Crippen LogP contribution in [0.25, 0.3) is 0 Å². The van der Waals surface area contributed by atoms with Crippen molar-refractivity contribution >= 4 is 11.6 Å². The third-order valence-electron chi connectivity index (χ3n) is 2.74. The summed E-state index contributed by atoms with van der Waals surface area (Å²) >= 11 is 0. The van der Waals surface area contributed by atoms with E-state index in [1.54, 1.807) is 18.2 Å². The van der Waals surface area contributed by atoms with Gasteiger partial charge in [-0.2, -0.15) is 0 Å². The summed E-state index contributed by atoms with van der Waals surface area (Å²) in [4.78, 5) is 23.6. The zero-order chi connectivity index (χ0) is 13.0. The lowest BCUT2D eigenvalue weighted by molar-refractivity contribution is -0.116. The number of benzene rings is 2. The van der Waals surface area contributed by atoms with Crippen LogP contribution in [-0.2, 0) is 11.2 Å². The molecular weight excluding hydrogens is 224 g/mol. The van der Waals surface area contributed by atoms with Gasteiger partial charge in [-0.25, -0.2) is 0 Å². The third kappa shape index (κ3) is 2.72. The van der Waals surface area contributed by atoms with E-state index in [0.717, 1.165) is 5.56 Å². The van der Waals surface area contributed by atoms with Gasteiger partial charge in [-0.15, -0.1) is 0 Å². The summed E-state index contributed by atoms with van der Waals surface area (Å²) in [5.41, 5.74) is 2.05. The summed E-state index contributed by atoms with van der Waals surface area (Å²) in [7, 11) is 0. The van der Waals surface area contributed by atoms with Crippen molar-refractivity contribution in [2.75, 3.05) is 0 Å². The predicted molar refractivity (Wildman–Crippen MR) is 70.7 cm³/mol. The number of Topliss-reactive ketones (excluding diaryl/α,β-unsaturated/α-hetero) is 1. The molecule has 0 N–H and O–H groups in total. The van der Waals surface area contributed by atoms with E-state index in [2.05, 4.69) is 0 Å². The largest absolute Gasteiger partial charge is 0.300 e. The number of hydrogen-bond donors (Lipinski definition) is 0. The first-order valence-electron chi connectivity index (χ1n) is 5.85. The maximum atomic E-state index is 12.3. The molecule has 0 amide bonds. The Hall–Kier alpha value is -2.22. The number of ketones is 2. The smallest absolute Gasteiger partial charge is 0.193 e. The second-order valence-corrected chi connectivity index (χ2v) is 4.23. The summed E-state index contributed by atoms with van der Waals surface area (Å²) in [5, 5.41) is 0. The van der Waals surface area contributed by atoms with Crippen molar-refractivity contribution in [3.05, 3.63) is 71.3 Å². The van der Waals surface area contributed by atoms with Crippen molar-refractivity contribution in [3.63, 3.8) is 0 Å². The Morgan fingerprint density at radius 2 is 1.50 bits per heavy atom. The van der Waals surface area contributed by atoms with E-state index in [1.807, 2.05) is 36.4 Å². The molecule has 0 fully saturated rings. The molecule has 0 heterocycles. The highest BCUT2D eigenvalue weighted by molar-refractivity contribution is 6.10. The van der Waals surface area contributed by atoms with Crippen molar-refractivity contribution in [1.29, 1.82) is 0 Å². The lowest BCUT2D eigenvalue weighted by Gasteiger charge is -2.07. The van der Waals surface area contributed by atoms with Crippen LogP contribution in [0, 0.1) is 0 Å². The number of rotatable bonds is 4. The van der Waals surface area contributed by atoms with Crippen molar-refractivity contribution in [2.45, 2.75) is 13.3 Å². The second kappa shape index (κ2) is 5.41. The molecule has 2 aromatic rings. The normalized spacial score (nSPS) is 10.1. The van der Waals surface area contributed by atoms with Gasteiger partial charge in [0.1, 0.15) is 5.78 Å². The van der Waals surface area contributed by atoms with Gasteiger partial charge in [-0.3, -0.25) is 9.59 Å². The molecule has 0 aliphatic carbocycles. The summed E-state index contributed by atoms with van der Waals surface area (Å²) in [6.07, 6.45) is 0.300. The molecule has 0 radical (unpaired) electrons. The molecule has 2 nitrogen and oxygen atoms in total. The van der Waals surface area contributed by atoms with Crippen LogP contribution in [0.1, 0.15) is 28.4 Å². The van der Waals surface area contributed by atoms with Gasteiger partial charge < -0.3 is 0 Å². The van der Waals surface area contributed by atoms with Crippen LogP contribution in [0.2, 0.25) is 0 Å². The van der Waals surface area contributed by atoms with E-state index < -0.39 is 0 Å². The maximum absolute atomic E-state index is 12.3. The molecule has 90 valence electrons. The van der Waals surface area contributed by atoms with Gasteiger partial charge in [-0.05, 0) is 12.5 Å². The Morgan fingerprint density at radius 1 is 0.889 bits per heavy atom. The second-order valence-electron chi connectivity index (χ2n) is 4.23. The van der Waals surface area contributed by atoms with Crippen LogP contribution < -0.4 is 0 Å². The average Bonchev–Trinajstić information content (AvgIpc) is 2.39. The molecule has 2 heteroatoms. The van der Waals surface area contributed by atoms with Gasteiger partial charge in [0.2, 0.25) is 0 Å². The summed E-state index contributed by atoms with van der Waals surface area (Å²) < 4.78 is 0. The van der Waals surface area contributed by atoms with Crippen molar-refractivity contribution in [1.82, 2.24) is 0 Å². The van der Waals surface area contributed by atoms with Crippen molar-refractivity contribution in [2.24, 2.45) is 0 Å². The summed E-state index contributed by atoms with van der Waals surface area (Å²) in [6.45, 7) is 1.53. The molecule has 18 heavy (non-hydrogen) atoms. The number of carbonyl (C=O) groups is 2. The molecule has 0 saturated heterocycles. The minimum Gasteiger partial charge on any atom is -0.300 e. The number of carbonyl (C=O) groups excluding carboxylic acids is 2. The van der Waals surface area contributed by atoms with Crippen LogP contribution in [0.3, 0.4) is 0 Å². The standard InChI is InChI=1S/C16H14O2/c1-12(17)11-14-9-5-6-10-15(14)16(18)13-7-3-2-4-8-13/h2-10H,11H2,1H3. The fourth-order valence-electron chi connectivity index (χ4n) is 1.91. The van der Waals surface area contributed by atoms with E-state index in [9.17, 15) is 9.59 Å². The monoisotopic (exact) mass is 238 g/mol. The van der Waals surface area contributed by atoms with E-state index in [-0.39, 0.29) is 11.6 Å². The van der Waals surface area contributed by atoms with Crippen molar-refractivity contribution < 1.29 is 9.59 Å². The van der Waals surface area contributed by atoms with Gasteiger partial charge in [0, 0.05) is 17.5 Å². The quantitative estimate of drug-likeness (QED) is 0.767. The zero-order valence-electron chi connectivity index (χ0n) is 10.2. The molecule has 0 aromatic heterocycles. The lowest BCUT2D eigenvalue weighted by atomic mass is 9.96. The maximum Gasteiger partial charge on any atom is 0.193 e. The van der Waals surface area contributed by atoms with Crippen LogP contribution >= 0.6 is 0 Å². The molecule has 0 atom stereocenters. The molecule has 0 unspecified atom stereocenters. The van der Waals surface area contributed by atoms with Gasteiger partial charge in [0.05, 0.1) is 0 Å². The van der Waals surface area contributed by atoms with Gasteiger partial charge >= 0.3 is 0 Å². The van der Waals surface area contributed by atoms with Crippen LogP contribution in [0.15, 0.2) is 54.6 Å². The molecule has 2 rings (SSSR count). The highest BCUT2D eigenvalue weighted by Crippen LogP contribution is 2.15. The Bertz CT molecular complexity index is 571. The Kier molecular flexibility index (Phi) is 3.68. The third-order valence-corrected chi connectivity index (χ3v) is 2.74. The molecule has 0 bridgehead atoms. The first-order valence-corrected chi connectivity index (χ1v) is 5.85. The summed E-state index contributed by atoms with van der Waals surface area (Å²) in [5.74, 6) is 0.0239. The molecule has 2 aromatic carbocycles. The average molecular weight is 238 g/mol. The van der Waals surface area contributed by atoms with Gasteiger partial charge in [0.15, 0.2) is 5.78 Å². The summed E-state index contributed by atoms with van der Waals surface area (Å²) in [6, 6.07) is 16.4. The highest BCUT2D eigenvalue weighted by atomic mass is 16.1. The molecule has 0 spiro atoms. The topological polar surface area (TPSA) is 34.1 Å². The van der Waals surface area contributed by atoms with E-state index >= 15 is 0 Å². The first-order chi connectivity index (χ1) is 8.68.